The summed E-state index contributed by atoms with van der Waals surface area (Å²) in [6, 6.07) is 13.2. The second-order valence-corrected chi connectivity index (χ2v) is 8.60. The van der Waals surface area contributed by atoms with Gasteiger partial charge in [-0.1, -0.05) is 31.5 Å². The molecule has 0 radical (unpaired) electrons. The Labute approximate surface area is 209 Å². The minimum atomic E-state index is -0.550. The molecule has 9 heteroatoms. The van der Waals surface area contributed by atoms with Gasteiger partial charge < -0.3 is 24.1 Å². The molecule has 190 valence electrons. The van der Waals surface area contributed by atoms with Crippen LogP contribution in [0.1, 0.15) is 37.4 Å². The molecular formula is C27H31N3O6. The molecule has 0 spiro atoms. The summed E-state index contributed by atoms with van der Waals surface area (Å²) >= 11 is 0. The summed E-state index contributed by atoms with van der Waals surface area (Å²) in [5.74, 6) is 0.495. The molecule has 0 unspecified atom stereocenters. The fourth-order valence-electron chi connectivity index (χ4n) is 4.03. The van der Waals surface area contributed by atoms with Gasteiger partial charge in [-0.05, 0) is 42.7 Å². The van der Waals surface area contributed by atoms with Crippen LogP contribution in [0, 0.1) is 0 Å². The zero-order valence-corrected chi connectivity index (χ0v) is 20.5. The number of hydrogen-bond donors (Lipinski definition) is 1. The fourth-order valence-corrected chi connectivity index (χ4v) is 4.03. The Kier molecular flexibility index (Phi) is 8.54. The van der Waals surface area contributed by atoms with E-state index in [9.17, 15) is 14.4 Å². The first kappa shape index (κ1) is 25.2. The lowest BCUT2D eigenvalue weighted by atomic mass is 10.1. The molecule has 1 amide bonds. The van der Waals surface area contributed by atoms with Crippen molar-refractivity contribution in [2.45, 2.75) is 45.6 Å². The van der Waals surface area contributed by atoms with Gasteiger partial charge in [0.05, 0.1) is 17.5 Å². The molecule has 1 aliphatic heterocycles. The van der Waals surface area contributed by atoms with Gasteiger partial charge in [-0.15, -0.1) is 0 Å². The molecule has 1 aliphatic rings. The number of unbranched alkanes of at least 4 members (excludes halogenated alkanes) is 1. The zero-order chi connectivity index (χ0) is 25.3. The van der Waals surface area contributed by atoms with Crippen molar-refractivity contribution < 1.29 is 23.8 Å². The number of carbonyl (C=O) groups is 2. The Morgan fingerprint density at radius 2 is 1.89 bits per heavy atom. The largest absolute Gasteiger partial charge is 0.486 e. The van der Waals surface area contributed by atoms with Gasteiger partial charge in [-0.25, -0.2) is 4.98 Å². The Balaban J connectivity index is 1.23. The zero-order valence-electron chi connectivity index (χ0n) is 20.5. The van der Waals surface area contributed by atoms with E-state index >= 15 is 0 Å². The van der Waals surface area contributed by atoms with Gasteiger partial charge in [0, 0.05) is 19.5 Å². The minimum absolute atomic E-state index is 0.0289. The van der Waals surface area contributed by atoms with Gasteiger partial charge in [-0.2, -0.15) is 0 Å². The number of aromatic nitrogens is 2. The van der Waals surface area contributed by atoms with Gasteiger partial charge >= 0.3 is 5.97 Å². The number of nitrogens with zero attached hydrogens (tertiary/aromatic N) is 2. The highest BCUT2D eigenvalue weighted by Crippen LogP contribution is 2.30. The summed E-state index contributed by atoms with van der Waals surface area (Å²) in [5, 5.41) is 2.74. The van der Waals surface area contributed by atoms with E-state index in [-0.39, 0.29) is 30.9 Å². The lowest BCUT2D eigenvalue weighted by Crippen LogP contribution is -2.31. The number of para-hydroxylation sites is 2. The normalized spacial score (nSPS) is 12.4. The first-order valence-electron chi connectivity index (χ1n) is 12.3. The van der Waals surface area contributed by atoms with Crippen molar-refractivity contribution in [3.05, 3.63) is 64.1 Å². The molecule has 0 saturated heterocycles. The summed E-state index contributed by atoms with van der Waals surface area (Å²) in [5.41, 5.74) is 2.64. The van der Waals surface area contributed by atoms with Crippen LogP contribution in [0.15, 0.2) is 47.3 Å². The molecule has 9 nitrogen and oxygen atoms in total. The number of nitrogens with one attached hydrogen (secondary N) is 1. The van der Waals surface area contributed by atoms with Gasteiger partial charge in [-0.3, -0.25) is 14.4 Å². The number of carbonyl (C=O) groups excluding carboxylic acids is 2. The summed E-state index contributed by atoms with van der Waals surface area (Å²) < 4.78 is 17.9. The maximum Gasteiger partial charge on any atom is 0.306 e. The summed E-state index contributed by atoms with van der Waals surface area (Å²) in [6.07, 6.45) is 2.57. The van der Waals surface area contributed by atoms with Crippen LogP contribution in [0.5, 0.6) is 11.5 Å². The molecule has 2 aromatic carbocycles. The molecule has 2 heterocycles. The van der Waals surface area contributed by atoms with Gasteiger partial charge in [0.15, 0.2) is 18.1 Å². The molecule has 0 aliphatic carbocycles. The Morgan fingerprint density at radius 3 is 2.72 bits per heavy atom. The summed E-state index contributed by atoms with van der Waals surface area (Å²) in [4.78, 5) is 41.7. The number of ether oxygens (including phenoxy) is 3. The van der Waals surface area contributed by atoms with Crippen molar-refractivity contribution in [1.82, 2.24) is 14.9 Å². The van der Waals surface area contributed by atoms with E-state index in [4.69, 9.17) is 14.2 Å². The topological polar surface area (TPSA) is 109 Å². The Hall–Kier alpha value is -3.88. The average molecular weight is 494 g/mol. The highest BCUT2D eigenvalue weighted by molar-refractivity contribution is 5.80. The molecule has 0 saturated carbocycles. The van der Waals surface area contributed by atoms with Crippen molar-refractivity contribution in [2.24, 2.45) is 0 Å². The van der Waals surface area contributed by atoms with Crippen molar-refractivity contribution in [2.75, 3.05) is 26.4 Å². The maximum atomic E-state index is 13.0. The van der Waals surface area contributed by atoms with Gasteiger partial charge in [0.25, 0.3) is 11.5 Å². The highest BCUT2D eigenvalue weighted by atomic mass is 16.6. The number of fused-ring (bicyclic) bond motifs is 2. The van der Waals surface area contributed by atoms with Crippen LogP contribution in [0.2, 0.25) is 0 Å². The monoisotopic (exact) mass is 493 g/mol. The molecule has 0 bridgehead atoms. The van der Waals surface area contributed by atoms with Gasteiger partial charge in [0.2, 0.25) is 0 Å². The number of amides is 1. The SMILES string of the molecule is CCCCn1c(=O)c(CCC(=O)OCC(=O)NCCc2ccc3c(c2)OCCO3)nc2ccccc21. The smallest absolute Gasteiger partial charge is 0.306 e. The predicted molar refractivity (Wildman–Crippen MR) is 134 cm³/mol. The van der Waals surface area contributed by atoms with E-state index in [1.165, 1.54) is 0 Å². The van der Waals surface area contributed by atoms with Crippen molar-refractivity contribution in [3.8, 4) is 11.5 Å². The first-order chi connectivity index (χ1) is 17.5. The molecule has 0 fully saturated rings. The van der Waals surface area contributed by atoms with Crippen molar-refractivity contribution >= 4 is 22.9 Å². The van der Waals surface area contributed by atoms with Crippen LogP contribution in [-0.4, -0.2) is 47.8 Å². The molecule has 4 rings (SSSR count). The third-order valence-corrected chi connectivity index (χ3v) is 5.93. The lowest BCUT2D eigenvalue weighted by Gasteiger charge is -2.18. The molecule has 1 N–H and O–H groups in total. The first-order valence-corrected chi connectivity index (χ1v) is 12.3. The van der Waals surface area contributed by atoms with Crippen LogP contribution >= 0.6 is 0 Å². The minimum Gasteiger partial charge on any atom is -0.486 e. The van der Waals surface area contributed by atoms with Crippen LogP contribution in [0.3, 0.4) is 0 Å². The second-order valence-electron chi connectivity index (χ2n) is 8.60. The van der Waals surface area contributed by atoms with E-state index < -0.39 is 5.97 Å². The van der Waals surface area contributed by atoms with Crippen LogP contribution in [0.4, 0.5) is 0 Å². The summed E-state index contributed by atoms with van der Waals surface area (Å²) in [6.45, 7) is 3.75. The van der Waals surface area contributed by atoms with Gasteiger partial charge in [0.1, 0.15) is 18.9 Å². The molecular weight excluding hydrogens is 462 g/mol. The number of hydrogen-bond acceptors (Lipinski definition) is 7. The number of esters is 1. The number of benzene rings is 2. The summed E-state index contributed by atoms with van der Waals surface area (Å²) in [7, 11) is 0. The standard InChI is InChI=1S/C27H31N3O6/c1-2-3-14-30-22-7-5-4-6-20(22)29-21(27(30)33)9-11-26(32)36-18-25(31)28-13-12-19-8-10-23-24(17-19)35-16-15-34-23/h4-8,10,17H,2-3,9,11-16,18H2,1H3,(H,28,31). The third-order valence-electron chi connectivity index (χ3n) is 5.93. The van der Waals surface area contributed by atoms with E-state index in [2.05, 4.69) is 17.2 Å². The third kappa shape index (κ3) is 6.41. The number of rotatable bonds is 11. The van der Waals surface area contributed by atoms with Crippen LogP contribution in [0.25, 0.3) is 11.0 Å². The second kappa shape index (κ2) is 12.2. The average Bonchev–Trinajstić information content (AvgIpc) is 2.90. The van der Waals surface area contributed by atoms with Crippen LogP contribution in [-0.2, 0) is 33.7 Å². The highest BCUT2D eigenvalue weighted by Gasteiger charge is 2.15. The maximum absolute atomic E-state index is 13.0. The molecule has 0 atom stereocenters. The Bertz CT molecular complexity index is 1290. The Morgan fingerprint density at radius 1 is 1.08 bits per heavy atom. The molecule has 3 aromatic rings. The predicted octanol–water partition coefficient (Wildman–Crippen LogP) is 2.80. The lowest BCUT2D eigenvalue weighted by molar-refractivity contribution is -0.148. The van der Waals surface area contributed by atoms with Crippen molar-refractivity contribution in [1.29, 1.82) is 0 Å². The quantitative estimate of drug-likeness (QED) is 0.409. The number of aryl methyl sites for hydroxylation is 2. The molecule has 1 aromatic heterocycles. The fraction of sp³-hybridized carbons (Fsp3) is 0.407. The van der Waals surface area contributed by atoms with E-state index in [0.29, 0.717) is 49.7 Å². The van der Waals surface area contributed by atoms with E-state index in [0.717, 1.165) is 29.7 Å². The van der Waals surface area contributed by atoms with Crippen molar-refractivity contribution in [3.63, 3.8) is 0 Å². The van der Waals surface area contributed by atoms with Crippen LogP contribution < -0.4 is 20.3 Å². The molecule has 36 heavy (non-hydrogen) atoms. The van der Waals surface area contributed by atoms with E-state index in [1.54, 1.807) is 4.57 Å². The van der Waals surface area contributed by atoms with E-state index in [1.807, 2.05) is 42.5 Å².